The van der Waals surface area contributed by atoms with Crippen molar-refractivity contribution in [2.75, 3.05) is 23.0 Å². The van der Waals surface area contributed by atoms with E-state index in [4.69, 9.17) is 5.11 Å². The largest absolute Gasteiger partial charge is 0.396 e. The fourth-order valence-electron chi connectivity index (χ4n) is 5.41. The zero-order valence-corrected chi connectivity index (χ0v) is 22.7. The van der Waals surface area contributed by atoms with Crippen molar-refractivity contribution in [3.63, 3.8) is 0 Å². The lowest BCUT2D eigenvalue weighted by Crippen LogP contribution is -2.44. The van der Waals surface area contributed by atoms with E-state index >= 15 is 0 Å². The molecule has 41 heavy (non-hydrogen) atoms. The van der Waals surface area contributed by atoms with Gasteiger partial charge in [0.2, 0.25) is 5.91 Å². The summed E-state index contributed by atoms with van der Waals surface area (Å²) in [7, 11) is 0. The lowest BCUT2D eigenvalue weighted by Gasteiger charge is -2.27. The number of benzene rings is 2. The van der Waals surface area contributed by atoms with Gasteiger partial charge in [0.25, 0.3) is 11.6 Å². The fourth-order valence-corrected chi connectivity index (χ4v) is 5.41. The van der Waals surface area contributed by atoms with Crippen LogP contribution in [-0.4, -0.2) is 55.1 Å². The Bertz CT molecular complexity index is 1490. The molecule has 3 aromatic rings. The number of anilines is 2. The molecule has 1 saturated heterocycles. The Morgan fingerprint density at radius 3 is 2.66 bits per heavy atom. The zero-order valence-electron chi connectivity index (χ0n) is 22.7. The van der Waals surface area contributed by atoms with Crippen molar-refractivity contribution in [2.45, 2.75) is 51.3 Å². The molecule has 3 heterocycles. The number of hydrogen-bond donors (Lipinski definition) is 2. The minimum atomic E-state index is -2.00. The van der Waals surface area contributed by atoms with Crippen LogP contribution in [0.2, 0.25) is 0 Å². The van der Waals surface area contributed by atoms with Gasteiger partial charge in [0.15, 0.2) is 5.60 Å². The molecule has 2 aromatic carbocycles. The van der Waals surface area contributed by atoms with Gasteiger partial charge in [-0.05, 0) is 36.6 Å². The number of nitrogens with zero attached hydrogens (tertiary/aromatic N) is 6. The third-order valence-electron chi connectivity index (χ3n) is 7.69. The molecule has 1 fully saturated rings. The number of rotatable bonds is 11. The number of hydrogen-bond acceptors (Lipinski definition) is 8. The SMILES string of the molecule is C[C@@H](/C=C/CCn1cc(CCO)nn1)[C@]1(O)C(=O)N(Cc2ccc(N3CCCC3=O)cc2)c2ccc([N+](=O)[O-])cc21. The van der Waals surface area contributed by atoms with Crippen molar-refractivity contribution in [1.29, 1.82) is 0 Å². The van der Waals surface area contributed by atoms with Gasteiger partial charge >= 0.3 is 0 Å². The highest BCUT2D eigenvalue weighted by Crippen LogP contribution is 2.47. The summed E-state index contributed by atoms with van der Waals surface area (Å²) in [6, 6.07) is 11.5. The van der Waals surface area contributed by atoms with Gasteiger partial charge in [0.05, 0.1) is 22.8 Å². The topological polar surface area (TPSA) is 155 Å². The average molecular weight is 561 g/mol. The first kappa shape index (κ1) is 28.1. The van der Waals surface area contributed by atoms with Crippen molar-refractivity contribution < 1.29 is 24.7 Å². The molecular formula is C29H32N6O6. The van der Waals surface area contributed by atoms with Crippen LogP contribution in [-0.2, 0) is 34.7 Å². The van der Waals surface area contributed by atoms with E-state index in [9.17, 15) is 24.8 Å². The summed E-state index contributed by atoms with van der Waals surface area (Å²) in [5.74, 6) is -1.17. The lowest BCUT2D eigenvalue weighted by molar-refractivity contribution is -0.385. The van der Waals surface area contributed by atoms with Gasteiger partial charge in [-0.25, -0.2) is 0 Å². The van der Waals surface area contributed by atoms with Crippen LogP contribution in [0, 0.1) is 16.0 Å². The van der Waals surface area contributed by atoms with E-state index in [0.717, 1.165) is 17.7 Å². The summed E-state index contributed by atoms with van der Waals surface area (Å²) < 4.78 is 1.65. The van der Waals surface area contributed by atoms with Crippen LogP contribution in [0.15, 0.2) is 60.8 Å². The molecule has 2 N–H and O–H groups in total. The van der Waals surface area contributed by atoms with Crippen LogP contribution in [0.3, 0.4) is 0 Å². The highest BCUT2D eigenvalue weighted by atomic mass is 16.6. The smallest absolute Gasteiger partial charge is 0.269 e. The predicted octanol–water partition coefficient (Wildman–Crippen LogP) is 2.86. The maximum Gasteiger partial charge on any atom is 0.269 e. The molecule has 0 saturated carbocycles. The number of aliphatic hydroxyl groups excluding tert-OH is 1. The molecule has 0 bridgehead atoms. The number of carbonyl (C=O) groups excluding carboxylic acids is 2. The molecule has 0 radical (unpaired) electrons. The first-order valence-corrected chi connectivity index (χ1v) is 13.6. The first-order chi connectivity index (χ1) is 19.7. The molecule has 5 rings (SSSR count). The number of aromatic nitrogens is 3. The van der Waals surface area contributed by atoms with Crippen LogP contribution < -0.4 is 9.80 Å². The van der Waals surface area contributed by atoms with E-state index in [2.05, 4.69) is 10.3 Å². The number of aryl methyl sites for hydroxylation is 1. The number of nitro groups is 1. The quantitative estimate of drug-likeness (QED) is 0.206. The van der Waals surface area contributed by atoms with Crippen LogP contribution in [0.5, 0.6) is 0 Å². The Balaban J connectivity index is 1.36. The van der Waals surface area contributed by atoms with Crippen LogP contribution in [0.1, 0.15) is 43.0 Å². The van der Waals surface area contributed by atoms with Gasteiger partial charge in [-0.2, -0.15) is 0 Å². The third-order valence-corrected chi connectivity index (χ3v) is 7.69. The number of non-ortho nitro benzene ring substituents is 1. The Morgan fingerprint density at radius 2 is 1.98 bits per heavy atom. The van der Waals surface area contributed by atoms with Crippen molar-refractivity contribution in [2.24, 2.45) is 5.92 Å². The summed E-state index contributed by atoms with van der Waals surface area (Å²) in [5.41, 5.74) is 0.677. The second-order valence-electron chi connectivity index (χ2n) is 10.4. The van der Waals surface area contributed by atoms with Gasteiger partial charge in [-0.1, -0.05) is 36.4 Å². The zero-order chi connectivity index (χ0) is 29.1. The molecule has 2 aliphatic heterocycles. The normalized spacial score (nSPS) is 19.4. The van der Waals surface area contributed by atoms with E-state index in [1.54, 1.807) is 28.8 Å². The summed E-state index contributed by atoms with van der Waals surface area (Å²) in [6.45, 7) is 3.04. The van der Waals surface area contributed by atoms with Gasteiger partial charge < -0.3 is 20.0 Å². The number of fused-ring (bicyclic) bond motifs is 1. The fraction of sp³-hybridized carbons (Fsp3) is 0.379. The van der Waals surface area contributed by atoms with Crippen molar-refractivity contribution in [3.05, 3.63) is 87.7 Å². The number of nitro benzene ring substituents is 1. The predicted molar refractivity (Wildman–Crippen MR) is 150 cm³/mol. The highest BCUT2D eigenvalue weighted by Gasteiger charge is 2.53. The van der Waals surface area contributed by atoms with Gasteiger partial charge in [0, 0.05) is 68.0 Å². The summed E-state index contributed by atoms with van der Waals surface area (Å²) in [5, 5.41) is 40.5. The number of allylic oxidation sites excluding steroid dienone is 1. The van der Waals surface area contributed by atoms with Crippen LogP contribution in [0.25, 0.3) is 0 Å². The van der Waals surface area contributed by atoms with Crippen molar-refractivity contribution in [1.82, 2.24) is 15.0 Å². The second-order valence-corrected chi connectivity index (χ2v) is 10.4. The number of aliphatic hydroxyl groups is 2. The van der Waals surface area contributed by atoms with E-state index in [0.29, 0.717) is 43.7 Å². The van der Waals surface area contributed by atoms with Gasteiger partial charge in [-0.3, -0.25) is 24.4 Å². The van der Waals surface area contributed by atoms with Crippen molar-refractivity contribution >= 4 is 28.9 Å². The molecule has 2 amide bonds. The first-order valence-electron chi connectivity index (χ1n) is 13.6. The second kappa shape index (κ2) is 11.6. The molecule has 12 nitrogen and oxygen atoms in total. The summed E-state index contributed by atoms with van der Waals surface area (Å²) in [6.07, 6.45) is 7.65. The molecule has 2 aliphatic rings. The van der Waals surface area contributed by atoms with Gasteiger partial charge in [0.1, 0.15) is 0 Å². The van der Waals surface area contributed by atoms with E-state index < -0.39 is 22.3 Å². The monoisotopic (exact) mass is 560 g/mol. The molecule has 2 atom stereocenters. The lowest BCUT2D eigenvalue weighted by atomic mass is 9.82. The van der Waals surface area contributed by atoms with Gasteiger partial charge in [-0.15, -0.1) is 5.10 Å². The van der Waals surface area contributed by atoms with Crippen LogP contribution >= 0.6 is 0 Å². The minimum Gasteiger partial charge on any atom is -0.396 e. The molecule has 214 valence electrons. The van der Waals surface area contributed by atoms with E-state index in [-0.39, 0.29) is 30.3 Å². The van der Waals surface area contributed by atoms with Crippen molar-refractivity contribution in [3.8, 4) is 0 Å². The molecular weight excluding hydrogens is 528 g/mol. The molecule has 0 aliphatic carbocycles. The molecule has 0 unspecified atom stereocenters. The van der Waals surface area contributed by atoms with E-state index in [1.165, 1.54) is 23.1 Å². The summed E-state index contributed by atoms with van der Waals surface area (Å²) in [4.78, 5) is 40.1. The maximum atomic E-state index is 13.8. The molecule has 0 spiro atoms. The molecule has 12 heteroatoms. The Hall–Kier alpha value is -4.42. The number of carbonyl (C=O) groups is 2. The van der Waals surface area contributed by atoms with Crippen LogP contribution in [0.4, 0.5) is 17.1 Å². The molecule has 1 aromatic heterocycles. The number of amides is 2. The minimum absolute atomic E-state index is 0.00963. The third kappa shape index (κ3) is 5.48. The Morgan fingerprint density at radius 1 is 1.20 bits per heavy atom. The Kier molecular flexibility index (Phi) is 7.95. The summed E-state index contributed by atoms with van der Waals surface area (Å²) >= 11 is 0. The van der Waals surface area contributed by atoms with E-state index in [1.807, 2.05) is 30.3 Å². The Labute approximate surface area is 236 Å². The standard InChI is InChI=1S/C29H32N6O6/c1-20(5-2-3-14-32-19-22(13-16-36)30-31-32)29(39)25-17-24(35(40)41)11-12-26(25)34(28(29)38)18-21-7-9-23(10-8-21)33-15-4-6-27(33)37/h2,5,7-12,17,19-20,36,39H,3-4,6,13-16,18H2,1H3/b5-2+/t20-,29+/m0/s1. The average Bonchev–Trinajstić information content (AvgIpc) is 3.66. The maximum absolute atomic E-state index is 13.8. The highest BCUT2D eigenvalue weighted by molar-refractivity contribution is 6.07.